The van der Waals surface area contributed by atoms with Crippen LogP contribution in [0, 0.1) is 0 Å². The molecule has 0 N–H and O–H groups in total. The maximum Gasteiger partial charge on any atom is 0.187 e. The van der Waals surface area contributed by atoms with Gasteiger partial charge in [-0.15, -0.1) is 0 Å². The molecule has 0 saturated carbocycles. The monoisotopic (exact) mass is 88.0 g/mol. The molecule has 0 saturated heterocycles. The molecule has 0 unspecified atom stereocenters. The fourth-order valence-electron chi connectivity index (χ4n) is 0. The summed E-state index contributed by atoms with van der Waals surface area (Å²) < 4.78 is 0. The van der Waals surface area contributed by atoms with Crippen LogP contribution in [0.2, 0.25) is 0 Å². The van der Waals surface area contributed by atoms with E-state index < -0.39 is 0 Å². The quantitative estimate of drug-likeness (QED) is 0.362. The molecule has 0 bridgehead atoms. The number of rotatable bonds is 0. The van der Waals surface area contributed by atoms with Crippen LogP contribution in [-0.4, -0.2) is 23.1 Å². The Hall–Kier alpha value is 0.202. The third-order valence-electron chi connectivity index (χ3n) is 0. The molecule has 0 fully saturated rings. The lowest BCUT2D eigenvalue weighted by atomic mass is 10.6. The van der Waals surface area contributed by atoms with Crippen LogP contribution in [0.3, 0.4) is 0 Å². The van der Waals surface area contributed by atoms with Crippen LogP contribution in [0.15, 0.2) is 0 Å². The van der Waals surface area contributed by atoms with Gasteiger partial charge in [0.25, 0.3) is 0 Å². The van der Waals surface area contributed by atoms with Gasteiger partial charge in [-0.25, -0.2) is 0 Å². The first-order chi connectivity index (χ1) is 1.73. The zero-order chi connectivity index (χ0) is 3.58. The zero-order valence-corrected chi connectivity index (χ0v) is 2.91. The summed E-state index contributed by atoms with van der Waals surface area (Å²) >= 11 is 0. The number of carbonyl (C=O) groups excluding carboxylic acids is 1. The molecular formula is C3H9AlO. The van der Waals surface area contributed by atoms with Gasteiger partial charge in [0.2, 0.25) is 0 Å². The van der Waals surface area contributed by atoms with E-state index in [1.807, 2.05) is 0 Å². The normalized spacial score (nSPS) is 5.20. The predicted octanol–water partition coefficient (Wildman–Crippen LogP) is -0.589. The van der Waals surface area contributed by atoms with Crippen molar-refractivity contribution >= 4 is 23.1 Å². The van der Waals surface area contributed by atoms with Crippen molar-refractivity contribution in [1.82, 2.24) is 0 Å². The minimum atomic E-state index is 0. The highest BCUT2D eigenvalue weighted by Gasteiger charge is 1.62. The van der Waals surface area contributed by atoms with Gasteiger partial charge < -0.3 is 4.79 Å². The van der Waals surface area contributed by atoms with Crippen molar-refractivity contribution in [3.8, 4) is 0 Å². The summed E-state index contributed by atoms with van der Waals surface area (Å²) in [7, 11) is 0. The Morgan fingerprint density at radius 3 is 1.40 bits per heavy atom. The van der Waals surface area contributed by atoms with E-state index in [0.717, 1.165) is 0 Å². The van der Waals surface area contributed by atoms with Gasteiger partial charge in [0.05, 0.1) is 0 Å². The third-order valence-corrected chi connectivity index (χ3v) is 0. The summed E-state index contributed by atoms with van der Waals surface area (Å²) in [4.78, 5) is 9.44. The predicted molar refractivity (Wildman–Crippen MR) is 26.3 cm³/mol. The van der Waals surface area contributed by atoms with Crippen LogP contribution in [0.4, 0.5) is 0 Å². The van der Waals surface area contributed by atoms with Crippen LogP contribution in [0.5, 0.6) is 0 Å². The molecule has 0 aromatic heterocycles. The molecule has 0 atom stereocenters. The van der Waals surface area contributed by atoms with Gasteiger partial charge in [-0.2, -0.15) is 0 Å². The van der Waals surface area contributed by atoms with E-state index in [-0.39, 0.29) is 23.1 Å². The van der Waals surface area contributed by atoms with Crippen molar-refractivity contribution in [2.45, 2.75) is 13.8 Å². The maximum absolute atomic E-state index is 9.44. The van der Waals surface area contributed by atoms with Gasteiger partial charge in [-0.1, -0.05) is 0 Å². The van der Waals surface area contributed by atoms with Crippen molar-refractivity contribution in [2.24, 2.45) is 0 Å². The van der Waals surface area contributed by atoms with Crippen molar-refractivity contribution in [3.63, 3.8) is 0 Å². The van der Waals surface area contributed by atoms with Crippen LogP contribution >= 0.6 is 0 Å². The number of Topliss-reactive ketones (excluding diaryl/α,β-unsaturated/α-hetero) is 1. The van der Waals surface area contributed by atoms with E-state index in [9.17, 15) is 4.79 Å². The largest absolute Gasteiger partial charge is 0.300 e. The highest BCUT2D eigenvalue weighted by atomic mass is 27.0. The Morgan fingerprint density at radius 2 is 1.40 bits per heavy atom. The van der Waals surface area contributed by atoms with Crippen molar-refractivity contribution in [2.75, 3.05) is 0 Å². The van der Waals surface area contributed by atoms with Gasteiger partial charge in [0.15, 0.2) is 17.4 Å². The minimum Gasteiger partial charge on any atom is -0.300 e. The zero-order valence-electron chi connectivity index (χ0n) is 2.91. The number of hydrogen-bond donors (Lipinski definition) is 0. The molecule has 2 heteroatoms. The second kappa shape index (κ2) is 4.20. The van der Waals surface area contributed by atoms with Gasteiger partial charge in [0.1, 0.15) is 5.78 Å². The molecule has 0 aromatic carbocycles. The summed E-state index contributed by atoms with van der Waals surface area (Å²) in [5.41, 5.74) is 0. The molecule has 0 spiro atoms. The lowest BCUT2D eigenvalue weighted by Crippen LogP contribution is -1.69. The molecule has 0 heterocycles. The molecule has 0 aliphatic carbocycles. The average Bonchev–Trinajstić information content (AvgIpc) is 0.811. The van der Waals surface area contributed by atoms with E-state index in [2.05, 4.69) is 0 Å². The second-order valence-electron chi connectivity index (χ2n) is 0.908. The highest BCUT2D eigenvalue weighted by molar-refractivity contribution is 5.75. The Kier molecular flexibility index (Phi) is 7.53. The first-order valence-corrected chi connectivity index (χ1v) is 1.20. The first kappa shape index (κ1) is 8.96. The van der Waals surface area contributed by atoms with Crippen LogP contribution in [0.1, 0.15) is 13.8 Å². The van der Waals surface area contributed by atoms with Crippen molar-refractivity contribution in [3.05, 3.63) is 0 Å². The average molecular weight is 88.1 g/mol. The van der Waals surface area contributed by atoms with Gasteiger partial charge in [0, 0.05) is 0 Å². The Labute approximate surface area is 42.5 Å². The summed E-state index contributed by atoms with van der Waals surface area (Å²) in [6.45, 7) is 3.06. The van der Waals surface area contributed by atoms with E-state index in [0.29, 0.717) is 0 Å². The fourth-order valence-corrected chi connectivity index (χ4v) is 0. The standard InChI is InChI=1S/C3H6O.Al.3H/c1-3(2)4;;;;/h1-2H3;;;;. The first-order valence-electron chi connectivity index (χ1n) is 1.20. The van der Waals surface area contributed by atoms with Gasteiger partial charge in [-0.05, 0) is 13.8 Å². The van der Waals surface area contributed by atoms with E-state index in [1.54, 1.807) is 0 Å². The number of carbonyl (C=O) groups is 1. The second-order valence-corrected chi connectivity index (χ2v) is 0.908. The molecule has 1 nitrogen and oxygen atoms in total. The Bertz CT molecular complexity index is 29.9. The van der Waals surface area contributed by atoms with Gasteiger partial charge in [-0.3, -0.25) is 0 Å². The van der Waals surface area contributed by atoms with Crippen molar-refractivity contribution < 1.29 is 4.79 Å². The highest BCUT2D eigenvalue weighted by Crippen LogP contribution is 1.50. The molecular weight excluding hydrogens is 79.0 g/mol. The molecule has 5 heavy (non-hydrogen) atoms. The van der Waals surface area contributed by atoms with E-state index in [4.69, 9.17) is 0 Å². The summed E-state index contributed by atoms with van der Waals surface area (Å²) in [5, 5.41) is 0. The molecule has 30 valence electrons. The summed E-state index contributed by atoms with van der Waals surface area (Å²) in [6, 6.07) is 0. The summed E-state index contributed by atoms with van der Waals surface area (Å²) in [5.74, 6) is 0.167. The Morgan fingerprint density at radius 1 is 1.40 bits per heavy atom. The van der Waals surface area contributed by atoms with Crippen LogP contribution < -0.4 is 0 Å². The smallest absolute Gasteiger partial charge is 0.187 e. The lowest BCUT2D eigenvalue weighted by Gasteiger charge is -1.56. The van der Waals surface area contributed by atoms with E-state index in [1.165, 1.54) is 13.8 Å². The molecule has 0 aliphatic heterocycles. The minimum absolute atomic E-state index is 0. The fraction of sp³-hybridized carbons (Fsp3) is 0.667. The van der Waals surface area contributed by atoms with Crippen LogP contribution in [0.25, 0.3) is 0 Å². The number of hydrogen-bond acceptors (Lipinski definition) is 1. The topological polar surface area (TPSA) is 17.1 Å². The molecule has 0 aliphatic rings. The third kappa shape index (κ3) is 497. The van der Waals surface area contributed by atoms with Crippen LogP contribution in [-0.2, 0) is 4.79 Å². The molecule has 0 aromatic rings. The molecule has 0 radical (unpaired) electrons. The van der Waals surface area contributed by atoms with Crippen molar-refractivity contribution in [1.29, 1.82) is 0 Å². The van der Waals surface area contributed by atoms with Gasteiger partial charge >= 0.3 is 0 Å². The maximum atomic E-state index is 9.44. The number of ketones is 1. The molecule has 0 rings (SSSR count). The Balaban J connectivity index is 0. The SMILES string of the molecule is CC(C)=O.[AlH3]. The summed E-state index contributed by atoms with van der Waals surface area (Å²) in [6.07, 6.45) is 0. The molecule has 0 amide bonds. The lowest BCUT2D eigenvalue weighted by molar-refractivity contribution is -0.114. The van der Waals surface area contributed by atoms with E-state index >= 15 is 0 Å².